The van der Waals surface area contributed by atoms with Crippen molar-refractivity contribution >= 4 is 34.8 Å². The third kappa shape index (κ3) is 8.47. The first-order valence-corrected chi connectivity index (χ1v) is 9.36. The number of halogens is 2. The number of rotatable bonds is 11. The molecule has 1 amide bonds. The van der Waals surface area contributed by atoms with Crippen molar-refractivity contribution in [3.8, 4) is 0 Å². The Morgan fingerprint density at radius 3 is 2.26 bits per heavy atom. The van der Waals surface area contributed by atoms with Crippen molar-refractivity contribution in [1.82, 2.24) is 5.32 Å². The fourth-order valence-corrected chi connectivity index (χ4v) is 2.71. The molecule has 0 heterocycles. The second kappa shape index (κ2) is 11.6. The zero-order valence-corrected chi connectivity index (χ0v) is 15.7. The standard InChI is InChI=1S/C18H28Cl2N2O/c1-15(2)14-21-18(23)5-3-4-16-6-8-17(9-7-16)22(12-10-19)13-11-20/h6-9,15H,3-5,10-14H2,1-2H3,(H,21,23). The van der Waals surface area contributed by atoms with E-state index in [0.717, 1.165) is 38.2 Å². The van der Waals surface area contributed by atoms with Crippen LogP contribution >= 0.6 is 23.2 Å². The van der Waals surface area contributed by atoms with Crippen molar-refractivity contribution in [3.05, 3.63) is 29.8 Å². The molecule has 0 aliphatic rings. The van der Waals surface area contributed by atoms with Crippen LogP contribution in [0.25, 0.3) is 0 Å². The fraction of sp³-hybridized carbons (Fsp3) is 0.611. The van der Waals surface area contributed by atoms with Gasteiger partial charge in [0, 0.05) is 43.5 Å². The summed E-state index contributed by atoms with van der Waals surface area (Å²) in [5, 5.41) is 2.95. The van der Waals surface area contributed by atoms with Gasteiger partial charge in [-0.15, -0.1) is 23.2 Å². The van der Waals surface area contributed by atoms with E-state index in [9.17, 15) is 4.79 Å². The highest BCUT2D eigenvalue weighted by atomic mass is 35.5. The Hall–Kier alpha value is -0.930. The van der Waals surface area contributed by atoms with Gasteiger partial charge in [-0.3, -0.25) is 4.79 Å². The molecule has 3 nitrogen and oxygen atoms in total. The second-order valence-electron chi connectivity index (χ2n) is 6.08. The first-order chi connectivity index (χ1) is 11.1. The molecule has 1 aromatic carbocycles. The predicted octanol–water partition coefficient (Wildman–Crippen LogP) is 4.07. The number of benzene rings is 1. The van der Waals surface area contributed by atoms with Crippen LogP contribution in [0.15, 0.2) is 24.3 Å². The van der Waals surface area contributed by atoms with Crippen LogP contribution in [-0.2, 0) is 11.2 Å². The van der Waals surface area contributed by atoms with Gasteiger partial charge in [0.2, 0.25) is 5.91 Å². The zero-order chi connectivity index (χ0) is 17.1. The van der Waals surface area contributed by atoms with Gasteiger partial charge in [0.15, 0.2) is 0 Å². The molecule has 0 saturated carbocycles. The summed E-state index contributed by atoms with van der Waals surface area (Å²) in [6.07, 6.45) is 2.37. The minimum Gasteiger partial charge on any atom is -0.369 e. The Kier molecular flexibility index (Phi) is 10.1. The molecule has 0 fully saturated rings. The van der Waals surface area contributed by atoms with Gasteiger partial charge >= 0.3 is 0 Å². The van der Waals surface area contributed by atoms with Gasteiger partial charge in [0.05, 0.1) is 0 Å². The van der Waals surface area contributed by atoms with Crippen molar-refractivity contribution in [2.24, 2.45) is 5.92 Å². The molecule has 1 rings (SSSR count). The van der Waals surface area contributed by atoms with Crippen LogP contribution in [0.2, 0.25) is 0 Å². The number of carbonyl (C=O) groups is 1. The summed E-state index contributed by atoms with van der Waals surface area (Å²) in [4.78, 5) is 13.9. The maximum absolute atomic E-state index is 11.7. The first-order valence-electron chi connectivity index (χ1n) is 8.29. The minimum atomic E-state index is 0.144. The summed E-state index contributed by atoms with van der Waals surface area (Å²) in [5.41, 5.74) is 2.40. The number of hydrogen-bond donors (Lipinski definition) is 1. The summed E-state index contributed by atoms with van der Waals surface area (Å²) in [6, 6.07) is 8.45. The van der Waals surface area contributed by atoms with Crippen LogP contribution in [0.5, 0.6) is 0 Å². The summed E-state index contributed by atoms with van der Waals surface area (Å²) >= 11 is 11.7. The van der Waals surface area contributed by atoms with Gasteiger partial charge in [0.25, 0.3) is 0 Å². The van der Waals surface area contributed by atoms with E-state index in [1.54, 1.807) is 0 Å². The fourth-order valence-electron chi connectivity index (χ4n) is 2.31. The lowest BCUT2D eigenvalue weighted by molar-refractivity contribution is -0.121. The molecule has 1 aromatic rings. The van der Waals surface area contributed by atoms with Crippen molar-refractivity contribution in [2.45, 2.75) is 33.1 Å². The molecule has 0 saturated heterocycles. The average Bonchev–Trinajstić information content (AvgIpc) is 2.53. The van der Waals surface area contributed by atoms with Gasteiger partial charge in [-0.2, -0.15) is 0 Å². The Morgan fingerprint density at radius 2 is 1.74 bits per heavy atom. The number of anilines is 1. The van der Waals surface area contributed by atoms with Gasteiger partial charge in [0.1, 0.15) is 0 Å². The monoisotopic (exact) mass is 358 g/mol. The van der Waals surface area contributed by atoms with E-state index >= 15 is 0 Å². The number of aryl methyl sites for hydroxylation is 1. The summed E-state index contributed by atoms with van der Waals surface area (Å²) in [6.45, 7) is 6.54. The van der Waals surface area contributed by atoms with Crippen molar-refractivity contribution in [2.75, 3.05) is 36.3 Å². The van der Waals surface area contributed by atoms with Crippen LogP contribution in [-0.4, -0.2) is 37.3 Å². The third-order valence-corrected chi connectivity index (χ3v) is 3.93. The van der Waals surface area contributed by atoms with Crippen LogP contribution < -0.4 is 10.2 Å². The lowest BCUT2D eigenvalue weighted by atomic mass is 10.1. The van der Waals surface area contributed by atoms with Crippen LogP contribution in [0.3, 0.4) is 0 Å². The molecule has 0 bridgehead atoms. The molecule has 130 valence electrons. The highest BCUT2D eigenvalue weighted by Crippen LogP contribution is 2.16. The lowest BCUT2D eigenvalue weighted by Gasteiger charge is -2.23. The van der Waals surface area contributed by atoms with Gasteiger partial charge in [-0.25, -0.2) is 0 Å². The highest BCUT2D eigenvalue weighted by Gasteiger charge is 2.06. The molecule has 0 aliphatic heterocycles. The van der Waals surface area contributed by atoms with Crippen LogP contribution in [0.1, 0.15) is 32.3 Å². The molecule has 5 heteroatoms. The molecule has 0 aromatic heterocycles. The minimum absolute atomic E-state index is 0.144. The number of alkyl halides is 2. The number of amides is 1. The summed E-state index contributed by atoms with van der Waals surface area (Å²) in [7, 11) is 0. The van der Waals surface area contributed by atoms with Crippen LogP contribution in [0.4, 0.5) is 5.69 Å². The van der Waals surface area contributed by atoms with E-state index in [2.05, 4.69) is 48.3 Å². The molecule has 23 heavy (non-hydrogen) atoms. The van der Waals surface area contributed by atoms with Gasteiger partial charge in [-0.1, -0.05) is 26.0 Å². The number of nitrogens with one attached hydrogen (secondary N) is 1. The highest BCUT2D eigenvalue weighted by molar-refractivity contribution is 6.18. The Bertz CT molecular complexity index is 443. The van der Waals surface area contributed by atoms with E-state index in [0.29, 0.717) is 24.1 Å². The molecule has 1 N–H and O–H groups in total. The Morgan fingerprint density at radius 1 is 1.13 bits per heavy atom. The molecule has 0 aliphatic carbocycles. The van der Waals surface area contributed by atoms with Crippen molar-refractivity contribution in [1.29, 1.82) is 0 Å². The maximum atomic E-state index is 11.7. The van der Waals surface area contributed by atoms with E-state index in [4.69, 9.17) is 23.2 Å². The van der Waals surface area contributed by atoms with Crippen molar-refractivity contribution in [3.63, 3.8) is 0 Å². The topological polar surface area (TPSA) is 32.3 Å². The molecule has 0 spiro atoms. The Balaban J connectivity index is 2.40. The molecule has 0 atom stereocenters. The Labute approximate surface area is 150 Å². The predicted molar refractivity (Wildman–Crippen MR) is 101 cm³/mol. The van der Waals surface area contributed by atoms with Crippen molar-refractivity contribution < 1.29 is 4.79 Å². The summed E-state index contributed by atoms with van der Waals surface area (Å²) in [5.74, 6) is 1.81. The number of carbonyl (C=O) groups excluding carboxylic acids is 1. The van der Waals surface area contributed by atoms with E-state index in [1.165, 1.54) is 5.56 Å². The summed E-state index contributed by atoms with van der Waals surface area (Å²) < 4.78 is 0. The van der Waals surface area contributed by atoms with Crippen LogP contribution in [0, 0.1) is 5.92 Å². The van der Waals surface area contributed by atoms with E-state index in [-0.39, 0.29) is 5.91 Å². The largest absolute Gasteiger partial charge is 0.369 e. The number of nitrogens with zero attached hydrogens (tertiary/aromatic N) is 1. The zero-order valence-electron chi connectivity index (χ0n) is 14.2. The SMILES string of the molecule is CC(C)CNC(=O)CCCc1ccc(N(CCCl)CCCl)cc1. The van der Waals surface area contributed by atoms with Gasteiger partial charge in [-0.05, 0) is 36.5 Å². The molecular weight excluding hydrogens is 331 g/mol. The average molecular weight is 359 g/mol. The third-order valence-electron chi connectivity index (χ3n) is 3.59. The normalized spacial score (nSPS) is 10.8. The smallest absolute Gasteiger partial charge is 0.220 e. The molecular formula is C18H28Cl2N2O. The maximum Gasteiger partial charge on any atom is 0.220 e. The van der Waals surface area contributed by atoms with E-state index < -0.39 is 0 Å². The first kappa shape index (κ1) is 20.1. The van der Waals surface area contributed by atoms with E-state index in [1.807, 2.05) is 0 Å². The lowest BCUT2D eigenvalue weighted by Crippen LogP contribution is -2.27. The quantitative estimate of drug-likeness (QED) is 0.604. The molecule has 0 radical (unpaired) electrons. The number of hydrogen-bond acceptors (Lipinski definition) is 2. The van der Waals surface area contributed by atoms with Gasteiger partial charge < -0.3 is 10.2 Å². The second-order valence-corrected chi connectivity index (χ2v) is 6.84. The molecule has 0 unspecified atom stereocenters.